The summed E-state index contributed by atoms with van der Waals surface area (Å²) in [6.07, 6.45) is -2.18. The third-order valence-corrected chi connectivity index (χ3v) is 2.57. The molecule has 7 heteroatoms. The van der Waals surface area contributed by atoms with Crippen LogP contribution in [0.4, 0.5) is 4.79 Å². The van der Waals surface area contributed by atoms with E-state index >= 15 is 0 Å². The predicted molar refractivity (Wildman–Crippen MR) is 81.8 cm³/mol. The highest BCUT2D eigenvalue weighted by Gasteiger charge is 2.24. The summed E-state index contributed by atoms with van der Waals surface area (Å²) in [7, 11) is 0. The molecule has 1 amide bonds. The van der Waals surface area contributed by atoms with Crippen LogP contribution >= 0.6 is 0 Å². The van der Waals surface area contributed by atoms with Crippen molar-refractivity contribution in [1.82, 2.24) is 5.32 Å². The van der Waals surface area contributed by atoms with Gasteiger partial charge in [-0.25, -0.2) is 9.59 Å². The Hall–Kier alpha value is -2.57. The average Bonchev–Trinajstić information content (AvgIpc) is 2.43. The highest BCUT2D eigenvalue weighted by molar-refractivity contribution is 5.79. The quantitative estimate of drug-likeness (QED) is 0.779. The monoisotopic (exact) mass is 323 g/mol. The van der Waals surface area contributed by atoms with Gasteiger partial charge in [0.1, 0.15) is 5.60 Å². The number of carboxylic acid groups (broad SMARTS) is 1. The number of hydrogen-bond donors (Lipinski definition) is 2. The number of esters is 1. The minimum absolute atomic E-state index is 0.00508. The van der Waals surface area contributed by atoms with Gasteiger partial charge in [-0.3, -0.25) is 4.79 Å². The predicted octanol–water partition coefficient (Wildman–Crippen LogP) is 2.27. The number of carbonyl (C=O) groups is 3. The van der Waals surface area contributed by atoms with Gasteiger partial charge in [0.25, 0.3) is 0 Å². The van der Waals surface area contributed by atoms with Crippen LogP contribution in [0.15, 0.2) is 30.3 Å². The third-order valence-electron chi connectivity index (χ3n) is 2.57. The van der Waals surface area contributed by atoms with Crippen LogP contribution in [0.3, 0.4) is 0 Å². The van der Waals surface area contributed by atoms with E-state index in [4.69, 9.17) is 14.6 Å². The van der Waals surface area contributed by atoms with Gasteiger partial charge in [0, 0.05) is 12.1 Å². The van der Waals surface area contributed by atoms with Crippen LogP contribution in [0.25, 0.3) is 0 Å². The number of aliphatic carboxylic acids is 1. The molecule has 0 heterocycles. The Morgan fingerprint density at radius 1 is 1.17 bits per heavy atom. The van der Waals surface area contributed by atoms with Crippen LogP contribution in [-0.4, -0.2) is 35.3 Å². The molecule has 1 rings (SSSR count). The van der Waals surface area contributed by atoms with E-state index in [0.717, 1.165) is 0 Å². The number of hydrogen-bond acceptors (Lipinski definition) is 5. The van der Waals surface area contributed by atoms with Crippen molar-refractivity contribution < 1.29 is 29.0 Å². The SMILES string of the molecule is CC(C)(C)OC(=O)NCCC(=O)O[C@@H](C(=O)O)c1ccccc1. The zero-order valence-corrected chi connectivity index (χ0v) is 13.4. The lowest BCUT2D eigenvalue weighted by Gasteiger charge is -2.19. The van der Waals surface area contributed by atoms with Crippen molar-refractivity contribution in [3.05, 3.63) is 35.9 Å². The van der Waals surface area contributed by atoms with Gasteiger partial charge in [-0.1, -0.05) is 30.3 Å². The van der Waals surface area contributed by atoms with E-state index < -0.39 is 29.7 Å². The highest BCUT2D eigenvalue weighted by Crippen LogP contribution is 2.18. The van der Waals surface area contributed by atoms with E-state index in [2.05, 4.69) is 5.32 Å². The second kappa shape index (κ2) is 8.17. The number of benzene rings is 1. The first kappa shape index (κ1) is 18.5. The van der Waals surface area contributed by atoms with Crippen LogP contribution in [-0.2, 0) is 19.1 Å². The van der Waals surface area contributed by atoms with Crippen LogP contribution in [0.1, 0.15) is 38.9 Å². The summed E-state index contributed by atoms with van der Waals surface area (Å²) in [4.78, 5) is 34.3. The van der Waals surface area contributed by atoms with E-state index in [0.29, 0.717) is 5.56 Å². The Labute approximate surface area is 134 Å². The first-order valence-corrected chi connectivity index (χ1v) is 7.13. The minimum atomic E-state index is -1.37. The molecule has 0 unspecified atom stereocenters. The molecule has 1 aromatic rings. The van der Waals surface area contributed by atoms with Gasteiger partial charge in [0.15, 0.2) is 0 Å². The van der Waals surface area contributed by atoms with Crippen LogP contribution < -0.4 is 5.32 Å². The van der Waals surface area contributed by atoms with Crippen molar-refractivity contribution >= 4 is 18.0 Å². The summed E-state index contributed by atoms with van der Waals surface area (Å²) in [6.45, 7) is 5.16. The maximum atomic E-state index is 11.7. The topological polar surface area (TPSA) is 102 Å². The van der Waals surface area contributed by atoms with E-state index in [-0.39, 0.29) is 13.0 Å². The largest absolute Gasteiger partial charge is 0.478 e. The summed E-state index contributed by atoms with van der Waals surface area (Å²) < 4.78 is 9.96. The van der Waals surface area contributed by atoms with Crippen LogP contribution in [0.5, 0.6) is 0 Å². The molecule has 0 radical (unpaired) electrons. The van der Waals surface area contributed by atoms with Crippen molar-refractivity contribution in [2.75, 3.05) is 6.54 Å². The molecule has 0 bridgehead atoms. The lowest BCUT2D eigenvalue weighted by molar-refractivity contribution is -0.164. The van der Waals surface area contributed by atoms with Gasteiger partial charge < -0.3 is 19.9 Å². The van der Waals surface area contributed by atoms with Gasteiger partial charge in [-0.15, -0.1) is 0 Å². The number of alkyl carbamates (subject to hydrolysis) is 1. The molecule has 2 N–H and O–H groups in total. The molecular formula is C16H21NO6. The number of nitrogens with one attached hydrogen (secondary N) is 1. The van der Waals surface area contributed by atoms with Crippen molar-refractivity contribution in [2.45, 2.75) is 38.9 Å². The fraction of sp³-hybridized carbons (Fsp3) is 0.438. The Morgan fingerprint density at radius 2 is 1.78 bits per heavy atom. The van der Waals surface area contributed by atoms with Gasteiger partial charge in [0.05, 0.1) is 6.42 Å². The standard InChI is InChI=1S/C16H21NO6/c1-16(2,3)23-15(21)17-10-9-12(18)22-13(14(19)20)11-7-5-4-6-8-11/h4-8,13H,9-10H2,1-3H3,(H,17,21)(H,19,20)/t13-/m1/s1. The summed E-state index contributed by atoms with van der Waals surface area (Å²) >= 11 is 0. The van der Waals surface area contributed by atoms with E-state index in [1.807, 2.05) is 0 Å². The Balaban J connectivity index is 2.46. The lowest BCUT2D eigenvalue weighted by Crippen LogP contribution is -2.34. The molecule has 0 saturated heterocycles. The summed E-state index contributed by atoms with van der Waals surface area (Å²) in [6, 6.07) is 8.16. The van der Waals surface area contributed by atoms with Crippen LogP contribution in [0, 0.1) is 0 Å². The van der Waals surface area contributed by atoms with E-state index in [9.17, 15) is 14.4 Å². The number of amides is 1. The van der Waals surface area contributed by atoms with Crippen molar-refractivity contribution in [3.8, 4) is 0 Å². The average molecular weight is 323 g/mol. The molecule has 0 aliphatic carbocycles. The smallest absolute Gasteiger partial charge is 0.407 e. The lowest BCUT2D eigenvalue weighted by atomic mass is 10.1. The van der Waals surface area contributed by atoms with Gasteiger partial charge >= 0.3 is 18.0 Å². The molecule has 0 saturated carbocycles. The second-order valence-electron chi connectivity index (χ2n) is 5.80. The molecule has 0 aliphatic rings. The molecule has 1 atom stereocenters. The zero-order chi connectivity index (χ0) is 17.5. The summed E-state index contributed by atoms with van der Waals surface area (Å²) in [5.41, 5.74) is -0.264. The Kier molecular flexibility index (Phi) is 6.56. The molecular weight excluding hydrogens is 302 g/mol. The number of rotatable bonds is 6. The maximum Gasteiger partial charge on any atom is 0.407 e. The van der Waals surface area contributed by atoms with Crippen molar-refractivity contribution in [2.24, 2.45) is 0 Å². The highest BCUT2D eigenvalue weighted by atomic mass is 16.6. The third kappa shape index (κ3) is 7.30. The van der Waals surface area contributed by atoms with Crippen LogP contribution in [0.2, 0.25) is 0 Å². The fourth-order valence-corrected chi connectivity index (χ4v) is 1.66. The van der Waals surface area contributed by atoms with Gasteiger partial charge in [-0.2, -0.15) is 0 Å². The first-order chi connectivity index (χ1) is 10.7. The van der Waals surface area contributed by atoms with Gasteiger partial charge in [-0.05, 0) is 20.8 Å². The number of carboxylic acids is 1. The molecule has 0 aliphatic heterocycles. The zero-order valence-electron chi connectivity index (χ0n) is 13.4. The molecule has 0 aromatic heterocycles. The number of carbonyl (C=O) groups excluding carboxylic acids is 2. The first-order valence-electron chi connectivity index (χ1n) is 7.13. The summed E-state index contributed by atoms with van der Waals surface area (Å²) in [5.74, 6) is -1.98. The van der Waals surface area contributed by atoms with Gasteiger partial charge in [0.2, 0.25) is 6.10 Å². The second-order valence-corrected chi connectivity index (χ2v) is 5.80. The molecule has 0 spiro atoms. The molecule has 23 heavy (non-hydrogen) atoms. The Morgan fingerprint density at radius 3 is 2.30 bits per heavy atom. The maximum absolute atomic E-state index is 11.7. The van der Waals surface area contributed by atoms with E-state index in [1.165, 1.54) is 0 Å². The minimum Gasteiger partial charge on any atom is -0.478 e. The van der Waals surface area contributed by atoms with Crippen molar-refractivity contribution in [1.29, 1.82) is 0 Å². The number of ether oxygens (including phenoxy) is 2. The fourth-order valence-electron chi connectivity index (χ4n) is 1.66. The molecule has 1 aromatic carbocycles. The molecule has 0 fully saturated rings. The van der Waals surface area contributed by atoms with E-state index in [1.54, 1.807) is 51.1 Å². The summed E-state index contributed by atoms with van der Waals surface area (Å²) in [5, 5.41) is 11.6. The normalized spacial score (nSPS) is 12.1. The molecule has 126 valence electrons. The Bertz CT molecular complexity index is 549. The van der Waals surface area contributed by atoms with Crippen molar-refractivity contribution in [3.63, 3.8) is 0 Å². The molecule has 7 nitrogen and oxygen atoms in total.